The lowest BCUT2D eigenvalue weighted by Gasteiger charge is -2.27. The molecule has 0 spiro atoms. The molecule has 1 aliphatic heterocycles. The van der Waals surface area contributed by atoms with Crippen LogP contribution < -0.4 is 11.1 Å². The summed E-state index contributed by atoms with van der Waals surface area (Å²) in [4.78, 5) is 4.34. The van der Waals surface area contributed by atoms with Crippen molar-refractivity contribution < 1.29 is 0 Å². The number of nitriles is 1. The fourth-order valence-corrected chi connectivity index (χ4v) is 2.81. The molecule has 0 saturated carbocycles. The van der Waals surface area contributed by atoms with Gasteiger partial charge in [-0.2, -0.15) is 5.26 Å². The average Bonchev–Trinajstić information content (AvgIpc) is 2.48. The summed E-state index contributed by atoms with van der Waals surface area (Å²) in [6.45, 7) is 0. The van der Waals surface area contributed by atoms with Crippen molar-refractivity contribution in [3.8, 4) is 6.07 Å². The molecule has 0 saturated heterocycles. The van der Waals surface area contributed by atoms with Gasteiger partial charge in [-0.25, -0.2) is 0 Å². The zero-order chi connectivity index (χ0) is 14.8. The molecular formula is C16H13BrN4. The minimum absolute atomic E-state index is 0.166. The summed E-state index contributed by atoms with van der Waals surface area (Å²) >= 11 is 3.45. The third kappa shape index (κ3) is 2.76. The Morgan fingerprint density at radius 3 is 2.86 bits per heavy atom. The van der Waals surface area contributed by atoms with Crippen LogP contribution in [0.15, 0.2) is 51.9 Å². The minimum Gasteiger partial charge on any atom is -0.399 e. The first-order valence-corrected chi connectivity index (χ1v) is 7.32. The molecule has 1 aliphatic rings. The number of rotatable bonds is 2. The molecule has 0 bridgehead atoms. The van der Waals surface area contributed by atoms with Crippen LogP contribution in [0.5, 0.6) is 0 Å². The van der Waals surface area contributed by atoms with Crippen molar-refractivity contribution in [3.05, 3.63) is 52.5 Å². The van der Waals surface area contributed by atoms with Crippen molar-refractivity contribution in [1.82, 2.24) is 0 Å². The molecule has 5 heteroatoms. The number of halogens is 1. The van der Waals surface area contributed by atoms with Gasteiger partial charge < -0.3 is 11.1 Å². The molecule has 0 aliphatic carbocycles. The van der Waals surface area contributed by atoms with Gasteiger partial charge >= 0.3 is 0 Å². The van der Waals surface area contributed by atoms with Crippen LogP contribution in [0.1, 0.15) is 11.6 Å². The van der Waals surface area contributed by atoms with Gasteiger partial charge in [0.15, 0.2) is 0 Å². The van der Waals surface area contributed by atoms with Crippen LogP contribution >= 0.6 is 15.9 Å². The third-order valence-corrected chi connectivity index (χ3v) is 3.91. The molecule has 2 atom stereocenters. The molecule has 3 N–H and O–H groups in total. The number of nitrogens with two attached hydrogens (primary N) is 1. The summed E-state index contributed by atoms with van der Waals surface area (Å²) in [5, 5.41) is 12.8. The first kappa shape index (κ1) is 13.7. The van der Waals surface area contributed by atoms with Gasteiger partial charge in [-0.15, -0.1) is 0 Å². The normalized spacial score (nSPS) is 19.6. The molecule has 0 fully saturated rings. The van der Waals surface area contributed by atoms with E-state index < -0.39 is 0 Å². The Balaban J connectivity index is 2.01. The van der Waals surface area contributed by atoms with Gasteiger partial charge in [0.2, 0.25) is 0 Å². The second kappa shape index (κ2) is 5.58. The van der Waals surface area contributed by atoms with Crippen molar-refractivity contribution in [3.63, 3.8) is 0 Å². The Morgan fingerprint density at radius 1 is 1.24 bits per heavy atom. The molecule has 2 aromatic rings. The van der Waals surface area contributed by atoms with E-state index in [4.69, 9.17) is 5.73 Å². The maximum Gasteiger partial charge on any atom is 0.106 e. The molecule has 0 radical (unpaired) electrons. The van der Waals surface area contributed by atoms with E-state index in [1.54, 1.807) is 6.21 Å². The second-order valence-corrected chi connectivity index (χ2v) is 5.80. The minimum atomic E-state index is -0.335. The molecule has 0 aromatic heterocycles. The first-order valence-electron chi connectivity index (χ1n) is 6.53. The van der Waals surface area contributed by atoms with E-state index in [0.717, 1.165) is 21.4 Å². The number of fused-ring (bicyclic) bond motifs is 1. The lowest BCUT2D eigenvalue weighted by Crippen LogP contribution is -2.23. The largest absolute Gasteiger partial charge is 0.399 e. The van der Waals surface area contributed by atoms with Gasteiger partial charge in [0.05, 0.1) is 17.8 Å². The van der Waals surface area contributed by atoms with Crippen LogP contribution in [0.25, 0.3) is 0 Å². The van der Waals surface area contributed by atoms with E-state index >= 15 is 0 Å². The van der Waals surface area contributed by atoms with Crippen molar-refractivity contribution in [2.24, 2.45) is 10.9 Å². The van der Waals surface area contributed by atoms with Crippen molar-refractivity contribution in [2.45, 2.75) is 6.04 Å². The zero-order valence-electron chi connectivity index (χ0n) is 11.1. The molecule has 4 nitrogen and oxygen atoms in total. The molecule has 0 amide bonds. The van der Waals surface area contributed by atoms with Crippen LogP contribution in [0.4, 0.5) is 17.1 Å². The van der Waals surface area contributed by atoms with Gasteiger partial charge in [-0.05, 0) is 36.4 Å². The molecule has 21 heavy (non-hydrogen) atoms. The number of aliphatic imine (C=N–C) groups is 1. The number of nitrogen functional groups attached to an aromatic ring is 1. The van der Waals surface area contributed by atoms with Crippen LogP contribution in [0.2, 0.25) is 0 Å². The predicted octanol–water partition coefficient (Wildman–Crippen LogP) is 4.04. The highest BCUT2D eigenvalue weighted by molar-refractivity contribution is 9.10. The van der Waals surface area contributed by atoms with E-state index in [1.165, 1.54) is 0 Å². The topological polar surface area (TPSA) is 74.2 Å². The summed E-state index contributed by atoms with van der Waals surface area (Å²) in [5.74, 6) is -0.335. The number of nitrogens with one attached hydrogen (secondary N) is 1. The highest BCUT2D eigenvalue weighted by Gasteiger charge is 2.27. The summed E-state index contributed by atoms with van der Waals surface area (Å²) in [5.41, 5.74) is 9.29. The number of anilines is 2. The molecule has 2 unspecified atom stereocenters. The van der Waals surface area contributed by atoms with Gasteiger partial charge in [0.1, 0.15) is 5.92 Å². The quantitative estimate of drug-likeness (QED) is 0.810. The van der Waals surface area contributed by atoms with Gasteiger partial charge in [-0.3, -0.25) is 4.99 Å². The number of benzene rings is 2. The Bertz CT molecular complexity index is 748. The Kier molecular flexibility index (Phi) is 3.63. The van der Waals surface area contributed by atoms with Gasteiger partial charge in [-0.1, -0.05) is 22.0 Å². The fraction of sp³-hybridized carbons (Fsp3) is 0.125. The van der Waals surface area contributed by atoms with E-state index in [2.05, 4.69) is 32.3 Å². The van der Waals surface area contributed by atoms with E-state index in [9.17, 15) is 5.26 Å². The molecule has 104 valence electrons. The summed E-state index contributed by atoms with van der Waals surface area (Å²) in [6.07, 6.45) is 1.69. The first-order chi connectivity index (χ1) is 10.2. The van der Waals surface area contributed by atoms with E-state index in [0.29, 0.717) is 5.69 Å². The average molecular weight is 341 g/mol. The number of hydrogen-bond acceptors (Lipinski definition) is 4. The lowest BCUT2D eigenvalue weighted by molar-refractivity contribution is 0.706. The van der Waals surface area contributed by atoms with E-state index in [-0.39, 0.29) is 12.0 Å². The summed E-state index contributed by atoms with van der Waals surface area (Å²) in [7, 11) is 0. The summed E-state index contributed by atoms with van der Waals surface area (Å²) in [6, 6.07) is 15.6. The van der Waals surface area contributed by atoms with Crippen molar-refractivity contribution in [1.29, 1.82) is 5.26 Å². The van der Waals surface area contributed by atoms with Crippen LogP contribution in [0.3, 0.4) is 0 Å². The van der Waals surface area contributed by atoms with Crippen LogP contribution in [-0.2, 0) is 0 Å². The Morgan fingerprint density at radius 2 is 2.10 bits per heavy atom. The Hall–Kier alpha value is -2.32. The monoisotopic (exact) mass is 340 g/mol. The standard InChI is InChI=1S/C16H13BrN4/c17-11-2-1-3-13(6-11)21-16-10(8-18)9-20-15-5-4-12(19)7-14(15)16/h1-7,9-10,16,21H,19H2. The van der Waals surface area contributed by atoms with E-state index in [1.807, 2.05) is 42.5 Å². The highest BCUT2D eigenvalue weighted by atomic mass is 79.9. The zero-order valence-corrected chi connectivity index (χ0v) is 12.7. The van der Waals surface area contributed by atoms with Gasteiger partial charge in [0, 0.05) is 27.6 Å². The van der Waals surface area contributed by atoms with Crippen molar-refractivity contribution >= 4 is 39.2 Å². The highest BCUT2D eigenvalue weighted by Crippen LogP contribution is 2.37. The summed E-state index contributed by atoms with van der Waals surface area (Å²) < 4.78 is 0.985. The van der Waals surface area contributed by atoms with Gasteiger partial charge in [0.25, 0.3) is 0 Å². The fourth-order valence-electron chi connectivity index (χ4n) is 2.41. The predicted molar refractivity (Wildman–Crippen MR) is 88.6 cm³/mol. The smallest absolute Gasteiger partial charge is 0.106 e. The Labute approximate surface area is 131 Å². The number of hydrogen-bond donors (Lipinski definition) is 2. The lowest BCUT2D eigenvalue weighted by atomic mass is 9.90. The molecule has 3 rings (SSSR count). The van der Waals surface area contributed by atoms with Crippen molar-refractivity contribution in [2.75, 3.05) is 11.1 Å². The molecule has 1 heterocycles. The molecular weight excluding hydrogens is 328 g/mol. The SMILES string of the molecule is N#CC1C=Nc2ccc(N)cc2C1Nc1cccc(Br)c1. The number of nitrogens with zero attached hydrogens (tertiary/aromatic N) is 2. The maximum atomic E-state index is 9.37. The third-order valence-electron chi connectivity index (χ3n) is 3.42. The van der Waals surface area contributed by atoms with Crippen LogP contribution in [0, 0.1) is 17.2 Å². The maximum absolute atomic E-state index is 9.37. The van der Waals surface area contributed by atoms with Crippen LogP contribution in [-0.4, -0.2) is 6.21 Å². The molecule has 2 aromatic carbocycles. The second-order valence-electron chi connectivity index (χ2n) is 4.88.